The number of methoxy groups -OCH3 is 1. The third-order valence-corrected chi connectivity index (χ3v) is 7.64. The van der Waals surface area contributed by atoms with Crippen LogP contribution in [0.4, 0.5) is 4.39 Å². The Morgan fingerprint density at radius 1 is 1.05 bits per heavy atom. The largest absolute Gasteiger partial charge is 0.383 e. The van der Waals surface area contributed by atoms with Gasteiger partial charge in [-0.1, -0.05) is 53.4 Å². The molecule has 8 heteroatoms. The van der Waals surface area contributed by atoms with E-state index in [9.17, 15) is 14.0 Å². The predicted octanol–water partition coefficient (Wildman–Crippen LogP) is 5.89. The van der Waals surface area contributed by atoms with E-state index in [1.807, 2.05) is 29.3 Å². The van der Waals surface area contributed by atoms with Crippen LogP contribution in [-0.2, 0) is 22.6 Å². The molecular weight excluding hydrogens is 549 g/mol. The zero-order chi connectivity index (χ0) is 26.9. The van der Waals surface area contributed by atoms with Gasteiger partial charge in [-0.15, -0.1) is 0 Å². The van der Waals surface area contributed by atoms with Gasteiger partial charge in [-0.25, -0.2) is 4.39 Å². The molecule has 0 spiro atoms. The molecule has 2 aromatic carbocycles. The number of carbonyl (C=O) groups is 2. The van der Waals surface area contributed by atoms with Gasteiger partial charge in [0, 0.05) is 48.2 Å². The molecule has 0 radical (unpaired) electrons. The molecule has 1 aliphatic rings. The van der Waals surface area contributed by atoms with Gasteiger partial charge in [0.05, 0.1) is 13.2 Å². The molecule has 2 amide bonds. The molecule has 38 heavy (non-hydrogen) atoms. The van der Waals surface area contributed by atoms with Crippen LogP contribution in [-0.4, -0.2) is 59.0 Å². The smallest absolute Gasteiger partial charge is 0.254 e. The number of amides is 2. The van der Waals surface area contributed by atoms with Gasteiger partial charge in [-0.3, -0.25) is 9.59 Å². The summed E-state index contributed by atoms with van der Waals surface area (Å²) in [5, 5.41) is 0. The maximum Gasteiger partial charge on any atom is 0.254 e. The van der Waals surface area contributed by atoms with E-state index in [0.717, 1.165) is 35.8 Å². The maximum absolute atomic E-state index is 13.9. The lowest BCUT2D eigenvalue weighted by Crippen LogP contribution is -2.48. The second kappa shape index (κ2) is 13.7. The number of hydrogen-bond donors (Lipinski definition) is 0. The Hall–Kier alpha value is -2.97. The molecule has 1 fully saturated rings. The minimum absolute atomic E-state index is 0.0807. The second-order valence-corrected chi connectivity index (χ2v) is 10.7. The Bertz CT molecular complexity index is 1210. The second-order valence-electron chi connectivity index (χ2n) is 9.80. The van der Waals surface area contributed by atoms with Gasteiger partial charge in [0.25, 0.3) is 5.91 Å². The number of rotatable bonds is 11. The predicted molar refractivity (Wildman–Crippen MR) is 149 cm³/mol. The van der Waals surface area contributed by atoms with E-state index in [4.69, 9.17) is 4.74 Å². The van der Waals surface area contributed by atoms with Crippen molar-refractivity contribution in [1.29, 1.82) is 0 Å². The van der Waals surface area contributed by atoms with E-state index < -0.39 is 5.82 Å². The maximum atomic E-state index is 13.9. The van der Waals surface area contributed by atoms with Crippen molar-refractivity contribution in [2.75, 3.05) is 26.8 Å². The molecule has 3 aromatic rings. The lowest BCUT2D eigenvalue weighted by molar-refractivity contribution is -0.135. The van der Waals surface area contributed by atoms with Gasteiger partial charge in [0.15, 0.2) is 0 Å². The lowest BCUT2D eigenvalue weighted by atomic mass is 9.94. The average Bonchev–Trinajstić information content (AvgIpc) is 3.37. The molecule has 1 heterocycles. The van der Waals surface area contributed by atoms with Gasteiger partial charge in [-0.2, -0.15) is 0 Å². The fraction of sp³-hybridized carbons (Fsp3) is 0.400. The normalized spacial score (nSPS) is 13.9. The van der Waals surface area contributed by atoms with Gasteiger partial charge >= 0.3 is 0 Å². The van der Waals surface area contributed by atoms with Crippen LogP contribution in [0.25, 0.3) is 0 Å². The fourth-order valence-electron chi connectivity index (χ4n) is 5.03. The summed E-state index contributed by atoms with van der Waals surface area (Å²) in [6.45, 7) is 1.63. The molecule has 0 N–H and O–H groups in total. The number of aromatic nitrogens is 1. The highest BCUT2D eigenvalue weighted by molar-refractivity contribution is 9.10. The lowest BCUT2D eigenvalue weighted by Gasteiger charge is -2.36. The number of nitrogens with zero attached hydrogens (tertiary/aromatic N) is 3. The van der Waals surface area contributed by atoms with Gasteiger partial charge < -0.3 is 19.1 Å². The van der Waals surface area contributed by atoms with Crippen LogP contribution in [0.15, 0.2) is 71.3 Å². The number of ether oxygens (including phenoxy) is 1. The molecule has 0 atom stereocenters. The standard InChI is InChI=1S/C30H35BrFN3O3/c1-38-18-17-34(30(37)24-7-5-8-26(32)19-24)22-29(36)35(27-9-3-2-4-10-27)21-28-11-6-16-33(28)20-23-12-14-25(31)15-13-23/h5-8,11-16,19,27H,2-4,9-10,17-18,20-22H2,1H3. The Kier molecular flexibility index (Phi) is 10.1. The number of benzene rings is 2. The molecule has 0 unspecified atom stereocenters. The van der Waals surface area contributed by atoms with E-state index in [2.05, 4.69) is 38.7 Å². The third-order valence-electron chi connectivity index (χ3n) is 7.11. The van der Waals surface area contributed by atoms with Gasteiger partial charge in [0.2, 0.25) is 5.91 Å². The van der Waals surface area contributed by atoms with E-state index in [1.54, 1.807) is 13.2 Å². The first-order valence-corrected chi connectivity index (χ1v) is 14.0. The molecule has 6 nitrogen and oxygen atoms in total. The van der Waals surface area contributed by atoms with Crippen molar-refractivity contribution in [2.24, 2.45) is 0 Å². The average molecular weight is 585 g/mol. The summed E-state index contributed by atoms with van der Waals surface area (Å²) >= 11 is 3.49. The van der Waals surface area contributed by atoms with Crippen LogP contribution in [0.3, 0.4) is 0 Å². The van der Waals surface area contributed by atoms with E-state index in [1.165, 1.54) is 35.1 Å². The number of carbonyl (C=O) groups excluding carboxylic acids is 2. The minimum Gasteiger partial charge on any atom is -0.383 e. The number of halogens is 2. The van der Waals surface area contributed by atoms with Crippen molar-refractivity contribution < 1.29 is 18.7 Å². The summed E-state index contributed by atoms with van der Waals surface area (Å²) in [5.74, 6) is -0.963. The summed E-state index contributed by atoms with van der Waals surface area (Å²) in [6.07, 6.45) is 7.30. The molecule has 0 bridgehead atoms. The van der Waals surface area contributed by atoms with E-state index in [0.29, 0.717) is 13.1 Å². The van der Waals surface area contributed by atoms with Crippen LogP contribution in [0.1, 0.15) is 53.7 Å². The van der Waals surface area contributed by atoms with Crippen molar-refractivity contribution in [3.05, 3.63) is 94.0 Å². The fourth-order valence-corrected chi connectivity index (χ4v) is 5.30. The van der Waals surface area contributed by atoms with Gasteiger partial charge in [0.1, 0.15) is 12.4 Å². The monoisotopic (exact) mass is 583 g/mol. The van der Waals surface area contributed by atoms with Crippen LogP contribution < -0.4 is 0 Å². The van der Waals surface area contributed by atoms with Crippen molar-refractivity contribution in [3.63, 3.8) is 0 Å². The quantitative estimate of drug-likeness (QED) is 0.283. The first-order chi connectivity index (χ1) is 18.4. The van der Waals surface area contributed by atoms with Crippen molar-refractivity contribution in [1.82, 2.24) is 14.4 Å². The SMILES string of the molecule is COCCN(CC(=O)N(Cc1cccn1Cc1ccc(Br)cc1)C1CCCCC1)C(=O)c1cccc(F)c1. The van der Waals surface area contributed by atoms with Gasteiger partial charge in [-0.05, 0) is 60.9 Å². The first kappa shape index (κ1) is 28.0. The van der Waals surface area contributed by atoms with Crippen LogP contribution in [0, 0.1) is 5.82 Å². The summed E-state index contributed by atoms with van der Waals surface area (Å²) in [7, 11) is 1.56. The molecule has 1 aliphatic carbocycles. The van der Waals surface area contributed by atoms with Crippen LogP contribution in [0.2, 0.25) is 0 Å². The Labute approximate surface area is 232 Å². The Morgan fingerprint density at radius 3 is 2.53 bits per heavy atom. The Morgan fingerprint density at radius 2 is 1.82 bits per heavy atom. The van der Waals surface area contributed by atoms with E-state index in [-0.39, 0.29) is 43.1 Å². The molecule has 202 valence electrons. The first-order valence-electron chi connectivity index (χ1n) is 13.2. The van der Waals surface area contributed by atoms with Crippen LogP contribution in [0.5, 0.6) is 0 Å². The highest BCUT2D eigenvalue weighted by Crippen LogP contribution is 2.25. The molecule has 1 saturated carbocycles. The third kappa shape index (κ3) is 7.54. The summed E-state index contributed by atoms with van der Waals surface area (Å²) in [5.41, 5.74) is 2.45. The van der Waals surface area contributed by atoms with Crippen molar-refractivity contribution >= 4 is 27.7 Å². The van der Waals surface area contributed by atoms with Crippen molar-refractivity contribution in [2.45, 2.75) is 51.2 Å². The molecule has 0 saturated heterocycles. The molecule has 0 aliphatic heterocycles. The minimum atomic E-state index is -0.482. The molecule has 4 rings (SSSR count). The summed E-state index contributed by atoms with van der Waals surface area (Å²) in [6, 6.07) is 18.0. The highest BCUT2D eigenvalue weighted by atomic mass is 79.9. The zero-order valence-electron chi connectivity index (χ0n) is 21.8. The zero-order valence-corrected chi connectivity index (χ0v) is 23.4. The Balaban J connectivity index is 1.54. The highest BCUT2D eigenvalue weighted by Gasteiger charge is 2.29. The van der Waals surface area contributed by atoms with E-state index >= 15 is 0 Å². The molecule has 1 aromatic heterocycles. The topological polar surface area (TPSA) is 54.8 Å². The molecular formula is C30H35BrFN3O3. The summed E-state index contributed by atoms with van der Waals surface area (Å²) in [4.78, 5) is 30.5. The number of hydrogen-bond acceptors (Lipinski definition) is 3. The van der Waals surface area contributed by atoms with Crippen molar-refractivity contribution in [3.8, 4) is 0 Å². The summed E-state index contributed by atoms with van der Waals surface area (Å²) < 4.78 is 22.2. The van der Waals surface area contributed by atoms with Crippen LogP contribution >= 0.6 is 15.9 Å².